The Hall–Kier alpha value is -2.67. The maximum atomic E-state index is 13.0. The molecule has 7 heteroatoms. The quantitative estimate of drug-likeness (QED) is 0.534. The van der Waals surface area contributed by atoms with Gasteiger partial charge in [-0.15, -0.1) is 5.10 Å². The Kier molecular flexibility index (Phi) is 5.14. The summed E-state index contributed by atoms with van der Waals surface area (Å²) >= 11 is 1.25. The zero-order chi connectivity index (χ0) is 17.8. The molecule has 3 rings (SSSR count). The average molecular weight is 357 g/mol. The largest absolute Gasteiger partial charge is 0.497 e. The van der Waals surface area contributed by atoms with Gasteiger partial charge in [0.05, 0.1) is 12.4 Å². The van der Waals surface area contributed by atoms with Crippen LogP contribution in [0.2, 0.25) is 0 Å². The summed E-state index contributed by atoms with van der Waals surface area (Å²) in [5, 5.41) is 7.11. The molecule has 0 aliphatic carbocycles. The molecule has 1 atom stereocenters. The number of nitrogens with zero attached hydrogens (tertiary/aromatic N) is 2. The van der Waals surface area contributed by atoms with Gasteiger partial charge >= 0.3 is 0 Å². The van der Waals surface area contributed by atoms with E-state index in [1.165, 1.54) is 36.0 Å². The first kappa shape index (κ1) is 17.2. The standard InChI is InChI=1S/C18H16FN3O2S/c1-11(16(23)12-3-7-14(19)8-4-12)25-18-20-17(21-22-18)13-5-9-15(24-2)10-6-13/h3-11H,1-2H3,(H,20,21,22). The van der Waals surface area contributed by atoms with Crippen molar-refractivity contribution in [1.82, 2.24) is 15.2 Å². The lowest BCUT2D eigenvalue weighted by atomic mass is 10.1. The number of carbonyl (C=O) groups excluding carboxylic acids is 1. The van der Waals surface area contributed by atoms with E-state index in [-0.39, 0.29) is 16.9 Å². The molecule has 128 valence electrons. The number of H-pyrrole nitrogens is 1. The molecule has 1 aromatic heterocycles. The van der Waals surface area contributed by atoms with Crippen LogP contribution in [0.15, 0.2) is 53.7 Å². The average Bonchev–Trinajstić information content (AvgIpc) is 3.10. The maximum Gasteiger partial charge on any atom is 0.209 e. The topological polar surface area (TPSA) is 67.9 Å². The molecule has 5 nitrogen and oxygen atoms in total. The molecule has 25 heavy (non-hydrogen) atoms. The lowest BCUT2D eigenvalue weighted by Crippen LogP contribution is -2.13. The number of ether oxygens (including phenoxy) is 1. The molecule has 3 aromatic rings. The Morgan fingerprint density at radius 2 is 1.84 bits per heavy atom. The molecule has 0 spiro atoms. The summed E-state index contributed by atoms with van der Waals surface area (Å²) in [6.07, 6.45) is 0. The highest BCUT2D eigenvalue weighted by atomic mass is 32.2. The highest BCUT2D eigenvalue weighted by Crippen LogP contribution is 2.25. The fourth-order valence-electron chi connectivity index (χ4n) is 2.24. The monoisotopic (exact) mass is 357 g/mol. The molecule has 0 radical (unpaired) electrons. The van der Waals surface area contributed by atoms with Gasteiger partial charge in [-0.2, -0.15) is 0 Å². The number of ketones is 1. The van der Waals surface area contributed by atoms with Crippen LogP contribution in [0.4, 0.5) is 4.39 Å². The minimum atomic E-state index is -0.384. The first-order valence-corrected chi connectivity index (χ1v) is 8.48. The van der Waals surface area contributed by atoms with Gasteiger partial charge in [-0.3, -0.25) is 9.89 Å². The van der Waals surface area contributed by atoms with Gasteiger partial charge in [0.1, 0.15) is 11.6 Å². The van der Waals surface area contributed by atoms with Crippen LogP contribution in [0.25, 0.3) is 11.4 Å². The molecule has 1 N–H and O–H groups in total. The second kappa shape index (κ2) is 7.48. The second-order valence-electron chi connectivity index (χ2n) is 5.33. The van der Waals surface area contributed by atoms with Gasteiger partial charge in [0.25, 0.3) is 0 Å². The lowest BCUT2D eigenvalue weighted by molar-refractivity contribution is 0.0994. The van der Waals surface area contributed by atoms with Crippen LogP contribution in [0.3, 0.4) is 0 Å². The number of Topliss-reactive ketones (excluding diaryl/α,β-unsaturated/α-hetero) is 1. The van der Waals surface area contributed by atoms with Crippen LogP contribution >= 0.6 is 11.8 Å². The molecular weight excluding hydrogens is 341 g/mol. The summed E-state index contributed by atoms with van der Waals surface area (Å²) in [4.78, 5) is 16.8. The zero-order valence-corrected chi connectivity index (χ0v) is 14.5. The third-order valence-corrected chi connectivity index (χ3v) is 4.57. The first-order valence-electron chi connectivity index (χ1n) is 7.60. The van der Waals surface area contributed by atoms with E-state index in [0.717, 1.165) is 11.3 Å². The number of carbonyl (C=O) groups is 1. The molecule has 1 heterocycles. The van der Waals surface area contributed by atoms with E-state index in [9.17, 15) is 9.18 Å². The number of thioether (sulfide) groups is 1. The number of hydrogen-bond donors (Lipinski definition) is 1. The highest BCUT2D eigenvalue weighted by molar-refractivity contribution is 8.00. The minimum absolute atomic E-state index is 0.0965. The van der Waals surface area contributed by atoms with Crippen LogP contribution in [-0.2, 0) is 0 Å². The molecule has 0 aliphatic heterocycles. The smallest absolute Gasteiger partial charge is 0.209 e. The van der Waals surface area contributed by atoms with Crippen molar-refractivity contribution in [2.45, 2.75) is 17.3 Å². The number of hydrogen-bond acceptors (Lipinski definition) is 5. The lowest BCUT2D eigenvalue weighted by Gasteiger charge is -2.07. The second-order valence-corrected chi connectivity index (χ2v) is 6.63. The van der Waals surface area contributed by atoms with Gasteiger partial charge < -0.3 is 4.74 Å². The van der Waals surface area contributed by atoms with Gasteiger partial charge in [-0.1, -0.05) is 11.8 Å². The Morgan fingerprint density at radius 3 is 2.48 bits per heavy atom. The molecule has 0 saturated heterocycles. The molecule has 2 aromatic carbocycles. The van der Waals surface area contributed by atoms with Gasteiger partial charge in [0, 0.05) is 11.1 Å². The summed E-state index contributed by atoms with van der Waals surface area (Å²) in [5.74, 6) is 0.915. The molecule has 0 bridgehead atoms. The highest BCUT2D eigenvalue weighted by Gasteiger charge is 2.19. The number of benzene rings is 2. The predicted molar refractivity (Wildman–Crippen MR) is 94.4 cm³/mol. The molecular formula is C18H16FN3O2S. The van der Waals surface area contributed by atoms with E-state index < -0.39 is 0 Å². The Labute approximate surface area is 148 Å². The number of nitrogens with one attached hydrogen (secondary N) is 1. The molecule has 0 fully saturated rings. The summed E-state index contributed by atoms with van der Waals surface area (Å²) < 4.78 is 18.1. The minimum Gasteiger partial charge on any atom is -0.497 e. The van der Waals surface area contributed by atoms with Crippen LogP contribution in [-0.4, -0.2) is 33.3 Å². The molecule has 0 saturated carbocycles. The van der Waals surface area contributed by atoms with E-state index in [1.54, 1.807) is 14.0 Å². The van der Waals surface area contributed by atoms with E-state index in [4.69, 9.17) is 4.74 Å². The van der Waals surface area contributed by atoms with E-state index in [1.807, 2.05) is 24.3 Å². The third-order valence-electron chi connectivity index (χ3n) is 3.61. The fourth-order valence-corrected chi connectivity index (χ4v) is 3.04. The SMILES string of the molecule is COc1ccc(-c2nc(SC(C)C(=O)c3ccc(F)cc3)n[nH]2)cc1. The summed E-state index contributed by atoms with van der Waals surface area (Å²) in [5.41, 5.74) is 1.34. The third kappa shape index (κ3) is 4.06. The fraction of sp³-hybridized carbons (Fsp3) is 0.167. The number of aromatic nitrogens is 3. The van der Waals surface area contributed by atoms with E-state index in [0.29, 0.717) is 16.5 Å². The maximum absolute atomic E-state index is 13.0. The Balaban J connectivity index is 1.69. The van der Waals surface area contributed by atoms with Gasteiger partial charge in [0.15, 0.2) is 11.6 Å². The van der Waals surface area contributed by atoms with Crippen molar-refractivity contribution < 1.29 is 13.9 Å². The van der Waals surface area contributed by atoms with Crippen molar-refractivity contribution in [2.24, 2.45) is 0 Å². The Bertz CT molecular complexity index is 863. The molecule has 0 aliphatic rings. The molecule has 0 amide bonds. The van der Waals surface area contributed by atoms with Crippen LogP contribution in [0.1, 0.15) is 17.3 Å². The number of methoxy groups -OCH3 is 1. The number of aromatic amines is 1. The van der Waals surface area contributed by atoms with Crippen molar-refractivity contribution in [3.8, 4) is 17.1 Å². The van der Waals surface area contributed by atoms with Crippen molar-refractivity contribution in [3.05, 3.63) is 59.9 Å². The van der Waals surface area contributed by atoms with Crippen molar-refractivity contribution in [2.75, 3.05) is 7.11 Å². The number of halogens is 1. The van der Waals surface area contributed by atoms with Gasteiger partial charge in [-0.25, -0.2) is 9.37 Å². The summed E-state index contributed by atoms with van der Waals surface area (Å²) in [7, 11) is 1.61. The van der Waals surface area contributed by atoms with Crippen molar-refractivity contribution in [3.63, 3.8) is 0 Å². The van der Waals surface area contributed by atoms with E-state index >= 15 is 0 Å². The van der Waals surface area contributed by atoms with Crippen LogP contribution in [0, 0.1) is 5.82 Å². The first-order chi connectivity index (χ1) is 12.1. The summed E-state index contributed by atoms with van der Waals surface area (Å²) in [6, 6.07) is 12.9. The van der Waals surface area contributed by atoms with Gasteiger partial charge in [-0.05, 0) is 55.5 Å². The zero-order valence-electron chi connectivity index (χ0n) is 13.7. The molecule has 1 unspecified atom stereocenters. The normalized spacial score (nSPS) is 12.0. The number of rotatable bonds is 6. The van der Waals surface area contributed by atoms with Crippen molar-refractivity contribution >= 4 is 17.5 Å². The summed E-state index contributed by atoms with van der Waals surface area (Å²) in [6.45, 7) is 1.78. The van der Waals surface area contributed by atoms with Gasteiger partial charge in [0.2, 0.25) is 5.16 Å². The van der Waals surface area contributed by atoms with Crippen LogP contribution < -0.4 is 4.74 Å². The van der Waals surface area contributed by atoms with Crippen molar-refractivity contribution in [1.29, 1.82) is 0 Å². The Morgan fingerprint density at radius 1 is 1.16 bits per heavy atom. The predicted octanol–water partition coefficient (Wildman–Crippen LogP) is 3.98. The van der Waals surface area contributed by atoms with Crippen LogP contribution in [0.5, 0.6) is 5.75 Å². The van der Waals surface area contributed by atoms with E-state index in [2.05, 4.69) is 15.2 Å².